The molecule has 1 heterocycles. The largest absolute Gasteiger partial charge is 0.483 e. The number of hydrogen-bond acceptors (Lipinski definition) is 5. The van der Waals surface area contributed by atoms with Crippen LogP contribution in [0.2, 0.25) is 0 Å². The maximum atomic E-state index is 13.4. The van der Waals surface area contributed by atoms with E-state index in [0.29, 0.717) is 36.3 Å². The number of allylic oxidation sites excluding steroid dienone is 3. The number of nitriles is 1. The van der Waals surface area contributed by atoms with E-state index in [4.69, 9.17) is 9.47 Å². The smallest absolute Gasteiger partial charge is 0.236 e. The summed E-state index contributed by atoms with van der Waals surface area (Å²) >= 11 is 0. The Bertz CT molecular complexity index is 889. The third kappa shape index (κ3) is 3.77. The van der Waals surface area contributed by atoms with Gasteiger partial charge in [-0.15, -0.1) is 0 Å². The van der Waals surface area contributed by atoms with Gasteiger partial charge >= 0.3 is 0 Å². The second-order valence-corrected chi connectivity index (χ2v) is 7.38. The van der Waals surface area contributed by atoms with Crippen molar-refractivity contribution in [1.29, 1.82) is 5.26 Å². The number of ether oxygens (including phenoxy) is 2. The predicted octanol–water partition coefficient (Wildman–Crippen LogP) is 4.38. The summed E-state index contributed by atoms with van der Waals surface area (Å²) in [5.41, 5.74) is 1.08. The Hall–Kier alpha value is -2.94. The van der Waals surface area contributed by atoms with Crippen molar-refractivity contribution in [2.45, 2.75) is 39.5 Å². The number of Topliss-reactive ketones (excluding diaryl/α,β-unsaturated/α-hetero) is 1. The maximum absolute atomic E-state index is 13.4. The van der Waals surface area contributed by atoms with Gasteiger partial charge in [-0.3, -0.25) is 4.79 Å². The lowest BCUT2D eigenvalue weighted by atomic mass is 9.70. The first-order chi connectivity index (χ1) is 12.9. The molecular weight excluding hydrogens is 347 g/mol. The summed E-state index contributed by atoms with van der Waals surface area (Å²) in [6.45, 7) is 6.24. The monoisotopic (exact) mass is 368 g/mol. The van der Waals surface area contributed by atoms with Crippen LogP contribution in [0.4, 0.5) is 4.39 Å². The number of ketones is 1. The van der Waals surface area contributed by atoms with Gasteiger partial charge in [-0.05, 0) is 30.0 Å². The zero-order valence-corrected chi connectivity index (χ0v) is 15.6. The van der Waals surface area contributed by atoms with Crippen LogP contribution in [0.1, 0.15) is 45.1 Å². The Morgan fingerprint density at radius 2 is 2.07 bits per heavy atom. The molecule has 27 heavy (non-hydrogen) atoms. The molecule has 1 unspecified atom stereocenters. The highest BCUT2D eigenvalue weighted by Gasteiger charge is 2.43. The minimum Gasteiger partial charge on any atom is -0.483 e. The number of carbonyl (C=O) groups is 1. The molecule has 0 radical (unpaired) electrons. The Morgan fingerprint density at radius 3 is 2.70 bits per heavy atom. The fraction of sp³-hybridized carbons (Fsp3) is 0.381. The van der Waals surface area contributed by atoms with Crippen molar-refractivity contribution in [3.63, 3.8) is 0 Å². The van der Waals surface area contributed by atoms with Crippen LogP contribution in [-0.2, 0) is 14.3 Å². The first kappa shape index (κ1) is 18.8. The number of benzene rings is 1. The van der Waals surface area contributed by atoms with Crippen molar-refractivity contribution >= 4 is 12.2 Å². The van der Waals surface area contributed by atoms with E-state index in [1.165, 1.54) is 18.5 Å². The van der Waals surface area contributed by atoms with E-state index >= 15 is 0 Å². The molecule has 1 atom stereocenters. The van der Waals surface area contributed by atoms with Crippen molar-refractivity contribution < 1.29 is 18.7 Å². The number of nitrogens with zero attached hydrogens (tertiary/aromatic N) is 2. The second-order valence-electron chi connectivity index (χ2n) is 7.38. The van der Waals surface area contributed by atoms with Gasteiger partial charge in [0.05, 0.1) is 12.5 Å². The van der Waals surface area contributed by atoms with Crippen LogP contribution in [0.3, 0.4) is 0 Å². The second kappa shape index (κ2) is 7.36. The summed E-state index contributed by atoms with van der Waals surface area (Å²) in [7, 11) is 0. The standard InChI is InChI=1S/C21H21FN2O3/c1-4-26-12-24-20-15(11-23)18(13-5-7-14(22)8-6-13)19-16(25)9-21(2,3)10-17(19)27-20/h5-8,12,18H,4,9-10H2,1-3H3. The van der Waals surface area contributed by atoms with Crippen molar-refractivity contribution in [2.75, 3.05) is 6.61 Å². The molecule has 6 heteroatoms. The molecule has 5 nitrogen and oxygen atoms in total. The molecule has 1 aliphatic heterocycles. The average Bonchev–Trinajstić information content (AvgIpc) is 2.60. The quantitative estimate of drug-likeness (QED) is 0.584. The third-order valence-electron chi connectivity index (χ3n) is 4.64. The molecule has 0 saturated heterocycles. The van der Waals surface area contributed by atoms with Crippen LogP contribution in [0.15, 0.2) is 52.0 Å². The van der Waals surface area contributed by atoms with Crippen molar-refractivity contribution in [2.24, 2.45) is 10.4 Å². The van der Waals surface area contributed by atoms with Gasteiger partial charge in [0.1, 0.15) is 23.2 Å². The summed E-state index contributed by atoms with van der Waals surface area (Å²) in [4.78, 5) is 17.1. The lowest BCUT2D eigenvalue weighted by molar-refractivity contribution is -0.119. The molecule has 1 aliphatic carbocycles. The molecule has 0 amide bonds. The lowest BCUT2D eigenvalue weighted by Gasteiger charge is -2.37. The zero-order valence-electron chi connectivity index (χ0n) is 15.6. The molecule has 2 aliphatic rings. The fourth-order valence-electron chi connectivity index (χ4n) is 3.49. The summed E-state index contributed by atoms with van der Waals surface area (Å²) in [6, 6.07) is 7.94. The molecule has 0 aromatic heterocycles. The normalized spacial score (nSPS) is 21.7. The van der Waals surface area contributed by atoms with E-state index in [0.717, 1.165) is 0 Å². The maximum Gasteiger partial charge on any atom is 0.236 e. The SMILES string of the molecule is CCOC=NC1=C(C#N)C(c2ccc(F)cc2)C2=C(CC(C)(C)CC2=O)O1. The minimum atomic E-state index is -0.628. The lowest BCUT2D eigenvalue weighted by Crippen LogP contribution is -2.32. The highest BCUT2D eigenvalue weighted by Crippen LogP contribution is 2.48. The van der Waals surface area contributed by atoms with Gasteiger partial charge in [-0.25, -0.2) is 4.39 Å². The van der Waals surface area contributed by atoms with E-state index in [1.54, 1.807) is 12.1 Å². The fourth-order valence-corrected chi connectivity index (χ4v) is 3.49. The molecule has 0 saturated carbocycles. The highest BCUT2D eigenvalue weighted by atomic mass is 19.1. The average molecular weight is 368 g/mol. The van der Waals surface area contributed by atoms with E-state index in [2.05, 4.69) is 11.1 Å². The number of halogens is 1. The predicted molar refractivity (Wildman–Crippen MR) is 98.0 cm³/mol. The Balaban J connectivity index is 2.16. The van der Waals surface area contributed by atoms with E-state index < -0.39 is 5.92 Å². The number of carbonyl (C=O) groups excluding carboxylic acids is 1. The molecule has 3 rings (SSSR count). The summed E-state index contributed by atoms with van der Waals surface area (Å²) in [6.07, 6.45) is 2.15. The first-order valence-electron chi connectivity index (χ1n) is 8.84. The molecular formula is C21H21FN2O3. The van der Waals surface area contributed by atoms with E-state index in [9.17, 15) is 14.4 Å². The third-order valence-corrected chi connectivity index (χ3v) is 4.64. The van der Waals surface area contributed by atoms with Crippen molar-refractivity contribution in [3.8, 4) is 6.07 Å². The molecule has 1 aromatic rings. The van der Waals surface area contributed by atoms with Gasteiger partial charge in [-0.2, -0.15) is 10.3 Å². The Labute approximate surface area is 157 Å². The minimum absolute atomic E-state index is 0.0591. The van der Waals surface area contributed by atoms with Gasteiger partial charge in [0.25, 0.3) is 0 Å². The molecule has 0 bridgehead atoms. The van der Waals surface area contributed by atoms with Gasteiger partial charge in [0.2, 0.25) is 5.88 Å². The van der Waals surface area contributed by atoms with Crippen LogP contribution < -0.4 is 0 Å². The molecule has 0 fully saturated rings. The zero-order chi connectivity index (χ0) is 19.6. The van der Waals surface area contributed by atoms with Crippen LogP contribution in [0.25, 0.3) is 0 Å². The van der Waals surface area contributed by atoms with Gasteiger partial charge < -0.3 is 9.47 Å². The van der Waals surface area contributed by atoms with Crippen molar-refractivity contribution in [3.05, 3.63) is 58.4 Å². The van der Waals surface area contributed by atoms with Gasteiger partial charge in [-0.1, -0.05) is 26.0 Å². The Kier molecular flexibility index (Phi) is 5.13. The topological polar surface area (TPSA) is 71.7 Å². The molecule has 0 spiro atoms. The van der Waals surface area contributed by atoms with Crippen LogP contribution in [-0.4, -0.2) is 18.8 Å². The van der Waals surface area contributed by atoms with Crippen molar-refractivity contribution in [1.82, 2.24) is 0 Å². The van der Waals surface area contributed by atoms with Gasteiger partial charge in [0, 0.05) is 18.4 Å². The van der Waals surface area contributed by atoms with Crippen LogP contribution >= 0.6 is 0 Å². The number of rotatable bonds is 4. The van der Waals surface area contributed by atoms with Crippen LogP contribution in [0, 0.1) is 22.6 Å². The number of aliphatic imine (C=N–C) groups is 1. The summed E-state index contributed by atoms with van der Waals surface area (Å²) < 4.78 is 24.4. The highest BCUT2D eigenvalue weighted by molar-refractivity contribution is 6.00. The molecule has 140 valence electrons. The van der Waals surface area contributed by atoms with E-state index in [1.807, 2.05) is 20.8 Å². The summed E-state index contributed by atoms with van der Waals surface area (Å²) in [5, 5.41) is 9.77. The van der Waals surface area contributed by atoms with Gasteiger partial charge in [0.15, 0.2) is 12.2 Å². The van der Waals surface area contributed by atoms with Crippen LogP contribution in [0.5, 0.6) is 0 Å². The molecule has 1 aromatic carbocycles. The van der Waals surface area contributed by atoms with E-state index in [-0.39, 0.29) is 28.5 Å². The summed E-state index contributed by atoms with van der Waals surface area (Å²) in [5.74, 6) is -0.432. The Morgan fingerprint density at radius 1 is 1.37 bits per heavy atom. The number of hydrogen-bond donors (Lipinski definition) is 0. The first-order valence-corrected chi connectivity index (χ1v) is 8.84. The molecule has 0 N–H and O–H groups in total.